The first-order valence-electron chi connectivity index (χ1n) is 7.36. The number of nitrogens with zero attached hydrogens (tertiary/aromatic N) is 1. The maximum atomic E-state index is 12.9. The number of piperidine rings is 1. The van der Waals surface area contributed by atoms with E-state index in [4.69, 9.17) is 10.5 Å². The number of hydrogen-bond acceptors (Lipinski definition) is 4. The average Bonchev–Trinajstić information content (AvgIpc) is 2.47. The number of ether oxygens (including phenoxy) is 1. The van der Waals surface area contributed by atoms with E-state index in [1.807, 2.05) is 0 Å². The van der Waals surface area contributed by atoms with Crippen LogP contribution in [-0.4, -0.2) is 39.5 Å². The summed E-state index contributed by atoms with van der Waals surface area (Å²) in [6.45, 7) is 3.69. The first kappa shape index (κ1) is 16.3. The second-order valence-corrected chi connectivity index (χ2v) is 7.53. The summed E-state index contributed by atoms with van der Waals surface area (Å²) in [6.07, 6.45) is 2.53. The van der Waals surface area contributed by atoms with E-state index in [2.05, 4.69) is 6.92 Å². The Morgan fingerprint density at radius 2 is 2.19 bits per heavy atom. The fraction of sp³-hybridized carbons (Fsp3) is 0.600. The minimum atomic E-state index is -3.45. The third-order valence-electron chi connectivity index (χ3n) is 3.92. The van der Waals surface area contributed by atoms with Crippen LogP contribution in [-0.2, 0) is 16.4 Å². The summed E-state index contributed by atoms with van der Waals surface area (Å²) in [4.78, 5) is 0.364. The van der Waals surface area contributed by atoms with Gasteiger partial charge in [-0.25, -0.2) is 8.42 Å². The number of methoxy groups -OCH3 is 1. The monoisotopic (exact) mass is 312 g/mol. The molecule has 1 heterocycles. The lowest BCUT2D eigenvalue weighted by Crippen LogP contribution is -2.39. The molecule has 1 aliphatic rings. The van der Waals surface area contributed by atoms with E-state index in [1.165, 1.54) is 0 Å². The van der Waals surface area contributed by atoms with Gasteiger partial charge in [0.2, 0.25) is 10.0 Å². The van der Waals surface area contributed by atoms with Crippen molar-refractivity contribution in [1.82, 2.24) is 4.31 Å². The molecule has 21 heavy (non-hydrogen) atoms. The SMILES string of the molecule is COc1ccc(S(=O)(=O)N2CCCC(C)C2)c(CCN)c1. The Hall–Kier alpha value is -1.11. The molecule has 1 atom stereocenters. The highest BCUT2D eigenvalue weighted by molar-refractivity contribution is 7.89. The Bertz CT molecular complexity index is 587. The molecule has 2 N–H and O–H groups in total. The van der Waals surface area contributed by atoms with Crippen molar-refractivity contribution >= 4 is 10.0 Å². The highest BCUT2D eigenvalue weighted by Gasteiger charge is 2.30. The molecule has 0 saturated carbocycles. The van der Waals surface area contributed by atoms with Crippen LogP contribution in [0.3, 0.4) is 0 Å². The van der Waals surface area contributed by atoms with Crippen molar-refractivity contribution in [3.05, 3.63) is 23.8 Å². The topological polar surface area (TPSA) is 72.6 Å². The lowest BCUT2D eigenvalue weighted by Gasteiger charge is -2.30. The third kappa shape index (κ3) is 3.56. The van der Waals surface area contributed by atoms with Crippen LogP contribution in [0, 0.1) is 5.92 Å². The van der Waals surface area contributed by atoms with E-state index < -0.39 is 10.0 Å². The second-order valence-electron chi connectivity index (χ2n) is 5.62. The van der Waals surface area contributed by atoms with Crippen LogP contribution in [0.1, 0.15) is 25.3 Å². The van der Waals surface area contributed by atoms with Gasteiger partial charge >= 0.3 is 0 Å². The number of hydrogen-bond donors (Lipinski definition) is 1. The van der Waals surface area contributed by atoms with Gasteiger partial charge in [-0.15, -0.1) is 0 Å². The standard InChI is InChI=1S/C15H24N2O3S/c1-12-4-3-9-17(11-12)21(18,19)15-6-5-14(20-2)10-13(15)7-8-16/h5-6,10,12H,3-4,7-9,11,16H2,1-2H3. The number of rotatable bonds is 5. The summed E-state index contributed by atoms with van der Waals surface area (Å²) in [5.41, 5.74) is 6.35. The van der Waals surface area contributed by atoms with Gasteiger partial charge in [-0.3, -0.25) is 0 Å². The lowest BCUT2D eigenvalue weighted by atomic mass is 10.0. The van der Waals surface area contributed by atoms with E-state index in [0.29, 0.717) is 42.6 Å². The van der Waals surface area contributed by atoms with E-state index in [-0.39, 0.29) is 0 Å². The zero-order valence-electron chi connectivity index (χ0n) is 12.7. The van der Waals surface area contributed by atoms with Gasteiger partial charge < -0.3 is 10.5 Å². The van der Waals surface area contributed by atoms with Gasteiger partial charge in [-0.05, 0) is 55.5 Å². The zero-order valence-corrected chi connectivity index (χ0v) is 13.5. The van der Waals surface area contributed by atoms with Crippen LogP contribution < -0.4 is 10.5 Å². The van der Waals surface area contributed by atoms with Crippen LogP contribution >= 0.6 is 0 Å². The van der Waals surface area contributed by atoms with Gasteiger partial charge in [-0.1, -0.05) is 6.92 Å². The maximum absolute atomic E-state index is 12.9. The summed E-state index contributed by atoms with van der Waals surface area (Å²) in [5.74, 6) is 1.06. The lowest BCUT2D eigenvalue weighted by molar-refractivity contribution is 0.281. The molecule has 1 saturated heterocycles. The zero-order chi connectivity index (χ0) is 15.5. The van der Waals surface area contributed by atoms with Crippen LogP contribution in [0.15, 0.2) is 23.1 Å². The fourth-order valence-electron chi connectivity index (χ4n) is 2.79. The molecule has 5 nitrogen and oxygen atoms in total. The van der Waals surface area contributed by atoms with Crippen LogP contribution in [0.25, 0.3) is 0 Å². The number of benzene rings is 1. The first-order valence-corrected chi connectivity index (χ1v) is 8.80. The average molecular weight is 312 g/mol. The summed E-state index contributed by atoms with van der Waals surface area (Å²) < 4.78 is 32.5. The molecule has 0 amide bonds. The molecule has 0 bridgehead atoms. The molecular formula is C15H24N2O3S. The van der Waals surface area contributed by atoms with Crippen molar-refractivity contribution in [2.45, 2.75) is 31.1 Å². The molecule has 118 valence electrons. The summed E-state index contributed by atoms with van der Waals surface area (Å²) in [6, 6.07) is 5.10. The van der Waals surface area contributed by atoms with Crippen LogP contribution in [0.2, 0.25) is 0 Å². The van der Waals surface area contributed by atoms with Crippen molar-refractivity contribution in [2.24, 2.45) is 11.7 Å². The summed E-state index contributed by atoms with van der Waals surface area (Å²) in [5, 5.41) is 0. The van der Waals surface area contributed by atoms with Crippen molar-refractivity contribution in [3.63, 3.8) is 0 Å². The highest BCUT2D eigenvalue weighted by atomic mass is 32.2. The van der Waals surface area contributed by atoms with Gasteiger partial charge in [0.15, 0.2) is 0 Å². The predicted octanol–water partition coefficient (Wildman–Crippen LogP) is 1.62. The Balaban J connectivity index is 2.38. The van der Waals surface area contributed by atoms with Crippen molar-refractivity contribution in [1.29, 1.82) is 0 Å². The molecule has 2 rings (SSSR count). The molecule has 0 aliphatic carbocycles. The van der Waals surface area contributed by atoms with Gasteiger partial charge in [0, 0.05) is 13.1 Å². The molecule has 0 aromatic heterocycles. The maximum Gasteiger partial charge on any atom is 0.243 e. The Morgan fingerprint density at radius 3 is 2.81 bits per heavy atom. The number of sulfonamides is 1. The Labute approximate surface area is 127 Å². The van der Waals surface area contributed by atoms with E-state index in [0.717, 1.165) is 18.4 Å². The smallest absolute Gasteiger partial charge is 0.243 e. The number of nitrogens with two attached hydrogens (primary N) is 1. The molecule has 0 radical (unpaired) electrons. The minimum Gasteiger partial charge on any atom is -0.497 e. The molecule has 1 unspecified atom stereocenters. The van der Waals surface area contributed by atoms with Crippen LogP contribution in [0.5, 0.6) is 5.75 Å². The third-order valence-corrected chi connectivity index (χ3v) is 5.88. The fourth-order valence-corrected chi connectivity index (χ4v) is 4.62. The molecule has 6 heteroatoms. The van der Waals surface area contributed by atoms with Gasteiger partial charge in [0.25, 0.3) is 0 Å². The van der Waals surface area contributed by atoms with Crippen molar-refractivity contribution < 1.29 is 13.2 Å². The van der Waals surface area contributed by atoms with Gasteiger partial charge in [-0.2, -0.15) is 4.31 Å². The van der Waals surface area contributed by atoms with Crippen molar-refractivity contribution in [3.8, 4) is 5.75 Å². The van der Waals surface area contributed by atoms with Gasteiger partial charge in [0.05, 0.1) is 12.0 Å². The van der Waals surface area contributed by atoms with Gasteiger partial charge in [0.1, 0.15) is 5.75 Å². The van der Waals surface area contributed by atoms with E-state index in [9.17, 15) is 8.42 Å². The van der Waals surface area contributed by atoms with E-state index >= 15 is 0 Å². The quantitative estimate of drug-likeness (QED) is 0.896. The van der Waals surface area contributed by atoms with Crippen molar-refractivity contribution in [2.75, 3.05) is 26.7 Å². The largest absolute Gasteiger partial charge is 0.497 e. The molecule has 1 aromatic carbocycles. The minimum absolute atomic E-state index is 0.364. The Morgan fingerprint density at radius 1 is 1.43 bits per heavy atom. The summed E-state index contributed by atoms with van der Waals surface area (Å²) >= 11 is 0. The Kier molecular flexibility index (Phi) is 5.24. The summed E-state index contributed by atoms with van der Waals surface area (Å²) in [7, 11) is -1.88. The molecule has 1 aliphatic heterocycles. The first-order chi connectivity index (χ1) is 9.98. The predicted molar refractivity (Wildman–Crippen MR) is 82.9 cm³/mol. The van der Waals surface area contributed by atoms with E-state index in [1.54, 1.807) is 29.6 Å². The molecule has 1 fully saturated rings. The molecule has 1 aromatic rings. The van der Waals surface area contributed by atoms with Crippen LogP contribution in [0.4, 0.5) is 0 Å². The highest BCUT2D eigenvalue weighted by Crippen LogP contribution is 2.28. The second kappa shape index (κ2) is 6.77. The molecular weight excluding hydrogens is 288 g/mol. The molecule has 0 spiro atoms. The normalized spacial score (nSPS) is 20.4.